The first kappa shape index (κ1) is 7.38. The molecule has 0 amide bonds. The van der Waals surface area contributed by atoms with E-state index in [0.29, 0.717) is 11.4 Å². The summed E-state index contributed by atoms with van der Waals surface area (Å²) in [5, 5.41) is 4.29. The third kappa shape index (κ3) is 0.812. The predicted molar refractivity (Wildman–Crippen MR) is 50.2 cm³/mol. The molecule has 1 spiro atoms. The summed E-state index contributed by atoms with van der Waals surface area (Å²) in [6.45, 7) is 2.07. The summed E-state index contributed by atoms with van der Waals surface area (Å²) in [5.41, 5.74) is 7.32. The number of hydrogen-bond donors (Lipinski definition) is 1. The maximum atomic E-state index is 5.70. The van der Waals surface area contributed by atoms with Gasteiger partial charge in [0, 0.05) is 12.6 Å². The van der Waals surface area contributed by atoms with Crippen molar-refractivity contribution < 1.29 is 0 Å². The average Bonchev–Trinajstić information content (AvgIpc) is 2.79. The molecular weight excluding hydrogens is 164 g/mol. The van der Waals surface area contributed by atoms with Gasteiger partial charge >= 0.3 is 0 Å². The van der Waals surface area contributed by atoms with E-state index >= 15 is 0 Å². The van der Waals surface area contributed by atoms with Gasteiger partial charge in [-0.2, -0.15) is 5.10 Å². The van der Waals surface area contributed by atoms with Gasteiger partial charge in [0.2, 0.25) is 0 Å². The van der Waals surface area contributed by atoms with Crippen molar-refractivity contribution in [2.24, 2.45) is 0 Å². The van der Waals surface area contributed by atoms with Crippen LogP contribution in [-0.4, -0.2) is 28.3 Å². The lowest BCUT2D eigenvalue weighted by molar-refractivity contribution is 0.168. The Hall–Kier alpha value is -1.03. The van der Waals surface area contributed by atoms with E-state index in [2.05, 4.69) is 21.7 Å². The highest BCUT2D eigenvalue weighted by Gasteiger charge is 2.51. The van der Waals surface area contributed by atoms with Crippen LogP contribution in [0.1, 0.15) is 18.5 Å². The van der Waals surface area contributed by atoms with E-state index in [9.17, 15) is 0 Å². The molecule has 0 radical (unpaired) electrons. The van der Waals surface area contributed by atoms with Crippen LogP contribution in [-0.2, 0) is 12.1 Å². The second-order valence-electron chi connectivity index (χ2n) is 4.13. The van der Waals surface area contributed by atoms with E-state index in [-0.39, 0.29) is 0 Å². The molecule has 1 aliphatic carbocycles. The molecule has 0 aromatic carbocycles. The minimum atomic E-state index is 0.295. The van der Waals surface area contributed by atoms with Gasteiger partial charge in [-0.25, -0.2) is 0 Å². The number of hydrogen-bond acceptors (Lipinski definition) is 3. The molecule has 0 saturated heterocycles. The van der Waals surface area contributed by atoms with E-state index in [0.717, 1.165) is 13.1 Å². The Bertz CT molecular complexity index is 350. The molecule has 1 fully saturated rings. The molecule has 70 valence electrons. The van der Waals surface area contributed by atoms with Crippen LogP contribution in [0.2, 0.25) is 0 Å². The number of aromatic nitrogens is 2. The molecule has 2 aliphatic rings. The van der Waals surface area contributed by atoms with Crippen LogP contribution >= 0.6 is 0 Å². The van der Waals surface area contributed by atoms with Crippen molar-refractivity contribution in [3.05, 3.63) is 11.8 Å². The van der Waals surface area contributed by atoms with Crippen molar-refractivity contribution in [1.29, 1.82) is 0 Å². The number of nitrogen functional groups attached to an aromatic ring is 1. The minimum Gasteiger partial charge on any atom is -0.382 e. The van der Waals surface area contributed by atoms with Crippen LogP contribution in [0.25, 0.3) is 0 Å². The fraction of sp³-hybridized carbons (Fsp3) is 0.667. The monoisotopic (exact) mass is 178 g/mol. The zero-order valence-corrected chi connectivity index (χ0v) is 7.82. The number of likely N-dealkylation sites (N-methyl/N-ethyl adjacent to an activating group) is 1. The summed E-state index contributed by atoms with van der Waals surface area (Å²) >= 11 is 0. The van der Waals surface area contributed by atoms with E-state index in [1.54, 1.807) is 0 Å². The normalized spacial score (nSPS) is 24.7. The molecule has 1 aromatic heterocycles. The number of rotatable bonds is 0. The highest BCUT2D eigenvalue weighted by molar-refractivity contribution is 5.37. The molecule has 2 N–H and O–H groups in total. The van der Waals surface area contributed by atoms with Crippen molar-refractivity contribution in [1.82, 2.24) is 14.7 Å². The largest absolute Gasteiger partial charge is 0.382 e. The minimum absolute atomic E-state index is 0.295. The van der Waals surface area contributed by atoms with Crippen molar-refractivity contribution in [3.63, 3.8) is 0 Å². The van der Waals surface area contributed by atoms with Gasteiger partial charge in [0.15, 0.2) is 0 Å². The fourth-order valence-electron chi connectivity index (χ4n) is 2.39. The summed E-state index contributed by atoms with van der Waals surface area (Å²) in [4.78, 5) is 2.43. The van der Waals surface area contributed by atoms with Gasteiger partial charge in [0.25, 0.3) is 0 Å². The van der Waals surface area contributed by atoms with E-state index in [4.69, 9.17) is 5.73 Å². The second kappa shape index (κ2) is 2.07. The van der Waals surface area contributed by atoms with Gasteiger partial charge in [-0.05, 0) is 19.9 Å². The molecule has 1 saturated carbocycles. The molecule has 4 nitrogen and oxygen atoms in total. The summed E-state index contributed by atoms with van der Waals surface area (Å²) in [6, 6.07) is 2.03. The Kier molecular flexibility index (Phi) is 1.17. The van der Waals surface area contributed by atoms with Crippen molar-refractivity contribution in [3.8, 4) is 0 Å². The van der Waals surface area contributed by atoms with Crippen LogP contribution in [0, 0.1) is 0 Å². The highest BCUT2D eigenvalue weighted by atomic mass is 15.4. The van der Waals surface area contributed by atoms with Gasteiger partial charge in [-0.15, -0.1) is 0 Å². The zero-order chi connectivity index (χ0) is 9.05. The van der Waals surface area contributed by atoms with Gasteiger partial charge in [0.05, 0.1) is 17.8 Å². The predicted octanol–water partition coefficient (Wildman–Crippen LogP) is 0.400. The Morgan fingerprint density at radius 3 is 2.92 bits per heavy atom. The number of anilines is 1. The van der Waals surface area contributed by atoms with Gasteiger partial charge < -0.3 is 5.73 Å². The van der Waals surface area contributed by atoms with Crippen molar-refractivity contribution in [2.75, 3.05) is 19.3 Å². The second-order valence-corrected chi connectivity index (χ2v) is 4.13. The van der Waals surface area contributed by atoms with E-state index < -0.39 is 0 Å². The Labute approximate surface area is 77.3 Å². The molecule has 0 atom stereocenters. The van der Waals surface area contributed by atoms with Crippen LogP contribution < -0.4 is 5.73 Å². The third-order valence-corrected chi connectivity index (χ3v) is 3.38. The molecule has 0 bridgehead atoms. The maximum absolute atomic E-state index is 5.70. The van der Waals surface area contributed by atoms with Crippen LogP contribution in [0.4, 0.5) is 5.82 Å². The van der Waals surface area contributed by atoms with Gasteiger partial charge in [0.1, 0.15) is 5.82 Å². The first-order valence-electron chi connectivity index (χ1n) is 4.77. The zero-order valence-electron chi connectivity index (χ0n) is 7.82. The molecular formula is C9H14N4. The molecule has 2 heterocycles. The van der Waals surface area contributed by atoms with Gasteiger partial charge in [-0.1, -0.05) is 0 Å². The number of fused-ring (bicyclic) bond motifs is 2. The lowest BCUT2D eigenvalue weighted by Crippen LogP contribution is -2.41. The molecule has 13 heavy (non-hydrogen) atoms. The molecule has 3 rings (SSSR count). The molecule has 0 unspecified atom stereocenters. The maximum Gasteiger partial charge on any atom is 0.145 e. The van der Waals surface area contributed by atoms with E-state index in [1.165, 1.54) is 18.5 Å². The standard InChI is InChI=1S/C9H14N4/c1-12-4-5-13-7(6-8(10)11-13)9(12)2-3-9/h6H,2-5H2,1H3,(H2,10,11). The molecule has 4 heteroatoms. The molecule has 1 aliphatic heterocycles. The van der Waals surface area contributed by atoms with Crippen molar-refractivity contribution in [2.45, 2.75) is 24.9 Å². The average molecular weight is 178 g/mol. The summed E-state index contributed by atoms with van der Waals surface area (Å²) < 4.78 is 2.07. The van der Waals surface area contributed by atoms with Crippen molar-refractivity contribution >= 4 is 5.82 Å². The third-order valence-electron chi connectivity index (χ3n) is 3.38. The lowest BCUT2D eigenvalue weighted by atomic mass is 10.1. The first-order chi connectivity index (χ1) is 6.22. The highest BCUT2D eigenvalue weighted by Crippen LogP contribution is 2.51. The number of nitrogens with two attached hydrogens (primary N) is 1. The Balaban J connectivity index is 2.14. The van der Waals surface area contributed by atoms with Gasteiger partial charge in [-0.3, -0.25) is 9.58 Å². The van der Waals surface area contributed by atoms with Crippen LogP contribution in [0.15, 0.2) is 6.07 Å². The smallest absolute Gasteiger partial charge is 0.145 e. The van der Waals surface area contributed by atoms with Crippen LogP contribution in [0.3, 0.4) is 0 Å². The first-order valence-corrected chi connectivity index (χ1v) is 4.77. The summed E-state index contributed by atoms with van der Waals surface area (Å²) in [7, 11) is 2.19. The Morgan fingerprint density at radius 2 is 2.23 bits per heavy atom. The van der Waals surface area contributed by atoms with Crippen LogP contribution in [0.5, 0.6) is 0 Å². The topological polar surface area (TPSA) is 47.1 Å². The summed E-state index contributed by atoms with van der Waals surface area (Å²) in [6.07, 6.45) is 2.52. The SMILES string of the molecule is CN1CCn2nc(N)cc2C12CC2. The quantitative estimate of drug-likeness (QED) is 0.625. The van der Waals surface area contributed by atoms with E-state index in [1.807, 2.05) is 6.07 Å². The Morgan fingerprint density at radius 1 is 1.46 bits per heavy atom. The lowest BCUT2D eigenvalue weighted by Gasteiger charge is -2.33. The molecule has 1 aromatic rings. The number of nitrogens with zero attached hydrogens (tertiary/aromatic N) is 3. The summed E-state index contributed by atoms with van der Waals surface area (Å²) in [5.74, 6) is 0.663. The fourth-order valence-corrected chi connectivity index (χ4v) is 2.39.